The predicted molar refractivity (Wildman–Crippen MR) is 69.7 cm³/mol. The van der Waals surface area contributed by atoms with E-state index < -0.39 is 10.0 Å². The lowest BCUT2D eigenvalue weighted by molar-refractivity contribution is 0.577. The van der Waals surface area contributed by atoms with Gasteiger partial charge < -0.3 is 5.73 Å². The van der Waals surface area contributed by atoms with Gasteiger partial charge in [0, 0.05) is 11.6 Å². The van der Waals surface area contributed by atoms with Crippen LogP contribution in [0.2, 0.25) is 5.02 Å². The highest BCUT2D eigenvalue weighted by atomic mass is 35.5. The second-order valence-corrected chi connectivity index (χ2v) is 5.98. The number of benzene rings is 1. The molecular weight excluding hydrogens is 260 g/mol. The van der Waals surface area contributed by atoms with E-state index >= 15 is 0 Å². The third-order valence-corrected chi connectivity index (χ3v) is 4.24. The van der Waals surface area contributed by atoms with Crippen molar-refractivity contribution in [3.63, 3.8) is 0 Å². The SMILES string of the molecule is Cc1ccc(S(=O)(=O)NCCCCN)cc1Cl. The van der Waals surface area contributed by atoms with Crippen LogP contribution in [0.5, 0.6) is 0 Å². The van der Waals surface area contributed by atoms with Crippen LogP contribution in [-0.4, -0.2) is 21.5 Å². The maximum atomic E-state index is 11.9. The number of hydrogen-bond donors (Lipinski definition) is 2. The third kappa shape index (κ3) is 4.27. The Morgan fingerprint density at radius 1 is 1.35 bits per heavy atom. The summed E-state index contributed by atoms with van der Waals surface area (Å²) in [6.45, 7) is 2.79. The smallest absolute Gasteiger partial charge is 0.240 e. The molecule has 0 spiro atoms. The Labute approximate surface area is 107 Å². The average Bonchev–Trinajstić information content (AvgIpc) is 2.28. The first kappa shape index (κ1) is 14.4. The van der Waals surface area contributed by atoms with Gasteiger partial charge in [-0.15, -0.1) is 0 Å². The number of rotatable bonds is 6. The fourth-order valence-corrected chi connectivity index (χ4v) is 2.65. The van der Waals surface area contributed by atoms with Crippen LogP contribution in [0, 0.1) is 6.92 Å². The van der Waals surface area contributed by atoms with Crippen molar-refractivity contribution in [3.8, 4) is 0 Å². The van der Waals surface area contributed by atoms with Crippen molar-refractivity contribution in [2.75, 3.05) is 13.1 Å². The molecule has 1 rings (SSSR count). The van der Waals surface area contributed by atoms with Crippen LogP contribution < -0.4 is 10.5 Å². The van der Waals surface area contributed by atoms with Crippen LogP contribution in [0.15, 0.2) is 23.1 Å². The Hall–Kier alpha value is -0.620. The fraction of sp³-hybridized carbons (Fsp3) is 0.455. The zero-order valence-corrected chi connectivity index (χ0v) is 11.3. The fourth-order valence-electron chi connectivity index (χ4n) is 1.30. The second-order valence-electron chi connectivity index (χ2n) is 3.80. The predicted octanol–water partition coefficient (Wildman–Crippen LogP) is 1.67. The van der Waals surface area contributed by atoms with E-state index in [1.165, 1.54) is 6.07 Å². The summed E-state index contributed by atoms with van der Waals surface area (Å²) in [5.41, 5.74) is 6.19. The van der Waals surface area contributed by atoms with Crippen LogP contribution in [0.3, 0.4) is 0 Å². The van der Waals surface area contributed by atoms with Gasteiger partial charge in [-0.05, 0) is 44.0 Å². The minimum atomic E-state index is -3.46. The summed E-state index contributed by atoms with van der Waals surface area (Å²) in [5.74, 6) is 0. The molecule has 0 bridgehead atoms. The molecule has 0 fully saturated rings. The van der Waals surface area contributed by atoms with Crippen molar-refractivity contribution in [2.24, 2.45) is 5.73 Å². The van der Waals surface area contributed by atoms with Crippen LogP contribution in [0.1, 0.15) is 18.4 Å². The Morgan fingerprint density at radius 3 is 2.65 bits per heavy atom. The molecular formula is C11H17ClN2O2S. The summed E-state index contributed by atoms with van der Waals surface area (Å²) in [4.78, 5) is 0.195. The number of sulfonamides is 1. The van der Waals surface area contributed by atoms with E-state index in [4.69, 9.17) is 17.3 Å². The molecule has 0 aromatic heterocycles. The molecule has 0 aliphatic rings. The molecule has 3 N–H and O–H groups in total. The van der Waals surface area contributed by atoms with E-state index in [-0.39, 0.29) is 4.90 Å². The van der Waals surface area contributed by atoms with Gasteiger partial charge in [0.1, 0.15) is 0 Å². The van der Waals surface area contributed by atoms with Gasteiger partial charge in [0.05, 0.1) is 4.90 Å². The van der Waals surface area contributed by atoms with Crippen molar-refractivity contribution in [1.82, 2.24) is 4.72 Å². The summed E-state index contributed by atoms with van der Waals surface area (Å²) >= 11 is 5.89. The summed E-state index contributed by atoms with van der Waals surface area (Å²) in [7, 11) is -3.46. The van der Waals surface area contributed by atoms with Gasteiger partial charge in [-0.1, -0.05) is 17.7 Å². The van der Waals surface area contributed by atoms with Gasteiger partial charge in [0.15, 0.2) is 0 Å². The lowest BCUT2D eigenvalue weighted by Gasteiger charge is -2.07. The standard InChI is InChI=1S/C11H17ClN2O2S/c1-9-4-5-10(8-11(9)12)17(15,16)14-7-3-2-6-13/h4-5,8,14H,2-3,6-7,13H2,1H3. The Kier molecular flexibility index (Phi) is 5.39. The Bertz CT molecular complexity index is 474. The van der Waals surface area contributed by atoms with Gasteiger partial charge in [-0.2, -0.15) is 0 Å². The quantitative estimate of drug-likeness (QED) is 0.776. The van der Waals surface area contributed by atoms with Gasteiger partial charge in [0.2, 0.25) is 10.0 Å². The molecule has 0 saturated carbocycles. The molecule has 0 aliphatic carbocycles. The molecule has 4 nitrogen and oxygen atoms in total. The van der Waals surface area contributed by atoms with Crippen LogP contribution in [0.25, 0.3) is 0 Å². The minimum absolute atomic E-state index is 0.195. The summed E-state index contributed by atoms with van der Waals surface area (Å²) < 4.78 is 26.2. The third-order valence-electron chi connectivity index (χ3n) is 2.38. The zero-order chi connectivity index (χ0) is 12.9. The number of nitrogens with one attached hydrogen (secondary N) is 1. The van der Waals surface area contributed by atoms with Crippen LogP contribution in [-0.2, 0) is 10.0 Å². The molecule has 0 radical (unpaired) electrons. The van der Waals surface area contributed by atoms with Crippen molar-refractivity contribution in [3.05, 3.63) is 28.8 Å². The van der Waals surface area contributed by atoms with Gasteiger partial charge in [-0.3, -0.25) is 0 Å². The highest BCUT2D eigenvalue weighted by molar-refractivity contribution is 7.89. The number of nitrogens with two attached hydrogens (primary N) is 1. The maximum absolute atomic E-state index is 11.9. The Balaban J connectivity index is 2.72. The average molecular weight is 277 g/mol. The summed E-state index contributed by atoms with van der Waals surface area (Å²) in [5, 5.41) is 0.454. The van der Waals surface area contributed by atoms with Crippen LogP contribution in [0.4, 0.5) is 0 Å². The largest absolute Gasteiger partial charge is 0.330 e. The molecule has 6 heteroatoms. The van der Waals surface area contributed by atoms with E-state index in [0.29, 0.717) is 18.1 Å². The van der Waals surface area contributed by atoms with E-state index in [2.05, 4.69) is 4.72 Å². The first-order valence-electron chi connectivity index (χ1n) is 5.43. The first-order chi connectivity index (χ1) is 7.97. The summed E-state index contributed by atoms with van der Waals surface area (Å²) in [6.07, 6.45) is 1.53. The van der Waals surface area contributed by atoms with E-state index in [1.54, 1.807) is 12.1 Å². The normalized spacial score (nSPS) is 11.7. The van der Waals surface area contributed by atoms with Crippen molar-refractivity contribution >= 4 is 21.6 Å². The molecule has 1 aromatic carbocycles. The van der Waals surface area contributed by atoms with Gasteiger partial charge in [0.25, 0.3) is 0 Å². The maximum Gasteiger partial charge on any atom is 0.240 e. The highest BCUT2D eigenvalue weighted by Crippen LogP contribution is 2.19. The lowest BCUT2D eigenvalue weighted by Crippen LogP contribution is -2.25. The first-order valence-corrected chi connectivity index (χ1v) is 7.29. The minimum Gasteiger partial charge on any atom is -0.330 e. The molecule has 0 saturated heterocycles. The number of aryl methyl sites for hydroxylation is 1. The molecule has 1 aromatic rings. The van der Waals surface area contributed by atoms with Gasteiger partial charge in [-0.25, -0.2) is 13.1 Å². The van der Waals surface area contributed by atoms with E-state index in [9.17, 15) is 8.42 Å². The molecule has 0 aliphatic heterocycles. The summed E-state index contributed by atoms with van der Waals surface area (Å²) in [6, 6.07) is 4.70. The van der Waals surface area contributed by atoms with E-state index in [1.807, 2.05) is 6.92 Å². The number of hydrogen-bond acceptors (Lipinski definition) is 3. The van der Waals surface area contributed by atoms with Crippen molar-refractivity contribution in [1.29, 1.82) is 0 Å². The highest BCUT2D eigenvalue weighted by Gasteiger charge is 2.13. The molecule has 17 heavy (non-hydrogen) atoms. The lowest BCUT2D eigenvalue weighted by atomic mass is 10.2. The molecule has 96 valence electrons. The topological polar surface area (TPSA) is 72.2 Å². The monoisotopic (exact) mass is 276 g/mol. The second kappa shape index (κ2) is 6.35. The molecule has 0 amide bonds. The Morgan fingerprint density at radius 2 is 2.06 bits per heavy atom. The van der Waals surface area contributed by atoms with Gasteiger partial charge >= 0.3 is 0 Å². The zero-order valence-electron chi connectivity index (χ0n) is 9.74. The van der Waals surface area contributed by atoms with Crippen molar-refractivity contribution in [2.45, 2.75) is 24.7 Å². The van der Waals surface area contributed by atoms with E-state index in [0.717, 1.165) is 18.4 Å². The van der Waals surface area contributed by atoms with Crippen molar-refractivity contribution < 1.29 is 8.42 Å². The number of halogens is 1. The van der Waals surface area contributed by atoms with Crippen LogP contribution >= 0.6 is 11.6 Å². The number of unbranched alkanes of at least 4 members (excludes halogenated alkanes) is 1. The molecule has 0 unspecified atom stereocenters. The molecule has 0 atom stereocenters. The molecule has 0 heterocycles.